The Kier molecular flexibility index (Phi) is 3.29. The van der Waals surface area contributed by atoms with Crippen LogP contribution < -0.4 is 11.5 Å². The molecule has 0 spiro atoms. The van der Waals surface area contributed by atoms with Crippen LogP contribution in [0.15, 0.2) is 24.3 Å². The Hall–Kier alpha value is -1.35. The largest absolute Gasteiger partial charge is 0.384 e. The van der Waals surface area contributed by atoms with Crippen molar-refractivity contribution in [3.63, 3.8) is 0 Å². The van der Waals surface area contributed by atoms with Crippen molar-refractivity contribution in [1.29, 1.82) is 0 Å². The Labute approximate surface area is 72.1 Å². The molecule has 4 N–H and O–H groups in total. The smallest absolute Gasteiger partial charge is 0.124 e. The average Bonchev–Trinajstić information content (AvgIpc) is 2.05. The first kappa shape index (κ1) is 8.74. The van der Waals surface area contributed by atoms with E-state index in [-0.39, 0.29) is 0 Å². The van der Waals surface area contributed by atoms with E-state index >= 15 is 0 Å². The second-order valence-corrected chi connectivity index (χ2v) is 2.47. The molecule has 0 radical (unpaired) electrons. The van der Waals surface area contributed by atoms with Gasteiger partial charge in [0.1, 0.15) is 5.82 Å². The third kappa shape index (κ3) is 2.72. The zero-order valence-electron chi connectivity index (χ0n) is 6.90. The molecular formula is C9H13N3. The normalized spacial score (nSPS) is 10.8. The zero-order valence-corrected chi connectivity index (χ0v) is 6.90. The number of nitrogen functional groups attached to an aromatic ring is 1. The van der Waals surface area contributed by atoms with Crippen LogP contribution in [0.5, 0.6) is 0 Å². The van der Waals surface area contributed by atoms with Crippen LogP contribution in [-0.4, -0.2) is 11.5 Å². The van der Waals surface area contributed by atoms with Crippen molar-refractivity contribution in [3.8, 4) is 0 Å². The van der Waals surface area contributed by atoms with Gasteiger partial charge in [-0.15, -0.1) is 0 Å². The summed E-state index contributed by atoms with van der Waals surface area (Å²) in [6.07, 6.45) is 4.78. The lowest BCUT2D eigenvalue weighted by Gasteiger charge is -1.93. The summed E-state index contributed by atoms with van der Waals surface area (Å²) in [5, 5.41) is 0. The Morgan fingerprint density at radius 2 is 2.25 bits per heavy atom. The van der Waals surface area contributed by atoms with Crippen LogP contribution in [0.1, 0.15) is 12.1 Å². The van der Waals surface area contributed by atoms with Gasteiger partial charge in [-0.1, -0.05) is 12.1 Å². The van der Waals surface area contributed by atoms with E-state index in [1.807, 2.05) is 24.3 Å². The minimum Gasteiger partial charge on any atom is -0.384 e. The molecule has 0 atom stereocenters. The highest BCUT2D eigenvalue weighted by Gasteiger charge is 1.87. The highest BCUT2D eigenvalue weighted by atomic mass is 14.8. The first-order chi connectivity index (χ1) is 5.83. The van der Waals surface area contributed by atoms with E-state index in [4.69, 9.17) is 11.5 Å². The summed E-state index contributed by atoms with van der Waals surface area (Å²) in [5.41, 5.74) is 11.7. The molecule has 0 saturated carbocycles. The SMILES string of the molecule is NCCC=Cc1cccc(N)n1. The van der Waals surface area contributed by atoms with Crippen LogP contribution in [0.2, 0.25) is 0 Å². The Balaban J connectivity index is 2.63. The van der Waals surface area contributed by atoms with E-state index in [2.05, 4.69) is 4.98 Å². The fourth-order valence-electron chi connectivity index (χ4n) is 0.862. The second kappa shape index (κ2) is 4.51. The molecule has 3 heteroatoms. The second-order valence-electron chi connectivity index (χ2n) is 2.47. The molecule has 0 amide bonds. The van der Waals surface area contributed by atoms with Gasteiger partial charge in [0.25, 0.3) is 0 Å². The summed E-state index contributed by atoms with van der Waals surface area (Å²) >= 11 is 0. The first-order valence-electron chi connectivity index (χ1n) is 3.92. The number of nitrogens with two attached hydrogens (primary N) is 2. The third-order valence-electron chi connectivity index (χ3n) is 1.41. The average molecular weight is 163 g/mol. The fourth-order valence-corrected chi connectivity index (χ4v) is 0.862. The summed E-state index contributed by atoms with van der Waals surface area (Å²) in [5.74, 6) is 0.546. The van der Waals surface area contributed by atoms with E-state index in [0.717, 1.165) is 12.1 Å². The van der Waals surface area contributed by atoms with Crippen LogP contribution in [0.3, 0.4) is 0 Å². The molecule has 3 nitrogen and oxygen atoms in total. The summed E-state index contributed by atoms with van der Waals surface area (Å²) < 4.78 is 0. The summed E-state index contributed by atoms with van der Waals surface area (Å²) in [6.45, 7) is 0.665. The number of anilines is 1. The molecule has 64 valence electrons. The molecule has 0 fully saturated rings. The van der Waals surface area contributed by atoms with Crippen molar-refractivity contribution in [2.24, 2.45) is 5.73 Å². The fraction of sp³-hybridized carbons (Fsp3) is 0.222. The van der Waals surface area contributed by atoms with E-state index in [1.54, 1.807) is 6.07 Å². The summed E-state index contributed by atoms with van der Waals surface area (Å²) in [6, 6.07) is 5.55. The van der Waals surface area contributed by atoms with Crippen molar-refractivity contribution in [3.05, 3.63) is 30.0 Å². The Morgan fingerprint density at radius 3 is 2.92 bits per heavy atom. The molecule has 1 rings (SSSR count). The van der Waals surface area contributed by atoms with Crippen molar-refractivity contribution in [2.75, 3.05) is 12.3 Å². The number of nitrogens with zero attached hydrogens (tertiary/aromatic N) is 1. The highest BCUT2D eigenvalue weighted by Crippen LogP contribution is 2.02. The van der Waals surface area contributed by atoms with Gasteiger partial charge in [0.2, 0.25) is 0 Å². The van der Waals surface area contributed by atoms with E-state index in [1.165, 1.54) is 0 Å². The maximum absolute atomic E-state index is 5.49. The van der Waals surface area contributed by atoms with Gasteiger partial charge in [-0.3, -0.25) is 0 Å². The molecule has 1 aromatic heterocycles. The van der Waals surface area contributed by atoms with Crippen molar-refractivity contribution in [2.45, 2.75) is 6.42 Å². The molecule has 0 bridgehead atoms. The molecule has 0 aliphatic carbocycles. The number of hydrogen-bond donors (Lipinski definition) is 2. The molecule has 0 aromatic carbocycles. The summed E-state index contributed by atoms with van der Waals surface area (Å²) in [4.78, 5) is 4.10. The summed E-state index contributed by atoms with van der Waals surface area (Å²) in [7, 11) is 0. The van der Waals surface area contributed by atoms with Crippen LogP contribution in [0, 0.1) is 0 Å². The van der Waals surface area contributed by atoms with E-state index < -0.39 is 0 Å². The number of rotatable bonds is 3. The molecule has 1 aromatic rings. The van der Waals surface area contributed by atoms with Crippen molar-refractivity contribution < 1.29 is 0 Å². The zero-order chi connectivity index (χ0) is 8.81. The lowest BCUT2D eigenvalue weighted by molar-refractivity contribution is 1.01. The Morgan fingerprint density at radius 1 is 1.42 bits per heavy atom. The van der Waals surface area contributed by atoms with Gasteiger partial charge in [0.15, 0.2) is 0 Å². The maximum atomic E-state index is 5.49. The van der Waals surface area contributed by atoms with Crippen LogP contribution >= 0.6 is 0 Å². The van der Waals surface area contributed by atoms with E-state index in [9.17, 15) is 0 Å². The molecule has 0 unspecified atom stereocenters. The van der Waals surface area contributed by atoms with Crippen molar-refractivity contribution in [1.82, 2.24) is 4.98 Å². The predicted molar refractivity (Wildman–Crippen MR) is 51.4 cm³/mol. The molecule has 0 aliphatic rings. The van der Waals surface area contributed by atoms with Gasteiger partial charge in [-0.25, -0.2) is 4.98 Å². The standard InChI is InChI=1S/C9H13N3/c10-7-2-1-4-8-5-3-6-9(11)12-8/h1,3-6H,2,7,10H2,(H2,11,12). The van der Waals surface area contributed by atoms with Gasteiger partial charge < -0.3 is 11.5 Å². The molecule has 0 saturated heterocycles. The molecule has 12 heavy (non-hydrogen) atoms. The lowest BCUT2D eigenvalue weighted by Crippen LogP contribution is -1.95. The van der Waals surface area contributed by atoms with Gasteiger partial charge >= 0.3 is 0 Å². The topological polar surface area (TPSA) is 64.9 Å². The van der Waals surface area contributed by atoms with Crippen LogP contribution in [0.4, 0.5) is 5.82 Å². The molecule has 1 heterocycles. The lowest BCUT2D eigenvalue weighted by atomic mass is 10.3. The van der Waals surface area contributed by atoms with Gasteiger partial charge in [-0.2, -0.15) is 0 Å². The predicted octanol–water partition coefficient (Wildman–Crippen LogP) is 1.03. The van der Waals surface area contributed by atoms with E-state index in [0.29, 0.717) is 12.4 Å². The van der Waals surface area contributed by atoms with Crippen LogP contribution in [0.25, 0.3) is 6.08 Å². The van der Waals surface area contributed by atoms with Gasteiger partial charge in [0.05, 0.1) is 5.69 Å². The van der Waals surface area contributed by atoms with Crippen LogP contribution in [-0.2, 0) is 0 Å². The maximum Gasteiger partial charge on any atom is 0.124 e. The molecular weight excluding hydrogens is 150 g/mol. The molecule has 0 aliphatic heterocycles. The number of hydrogen-bond acceptors (Lipinski definition) is 3. The van der Waals surface area contributed by atoms with Gasteiger partial charge in [-0.05, 0) is 31.2 Å². The minimum atomic E-state index is 0.546. The first-order valence-corrected chi connectivity index (χ1v) is 3.92. The third-order valence-corrected chi connectivity index (χ3v) is 1.41. The Bertz CT molecular complexity index is 268. The monoisotopic (exact) mass is 163 g/mol. The highest BCUT2D eigenvalue weighted by molar-refractivity contribution is 5.47. The number of aromatic nitrogens is 1. The number of pyridine rings is 1. The quantitative estimate of drug-likeness (QED) is 0.699. The van der Waals surface area contributed by atoms with Gasteiger partial charge in [0, 0.05) is 0 Å². The van der Waals surface area contributed by atoms with Crippen molar-refractivity contribution >= 4 is 11.9 Å². The minimum absolute atomic E-state index is 0.546.